The Morgan fingerprint density at radius 2 is 1.95 bits per heavy atom. The van der Waals surface area contributed by atoms with Crippen molar-refractivity contribution >= 4 is 11.8 Å². The average Bonchev–Trinajstić information content (AvgIpc) is 2.75. The van der Waals surface area contributed by atoms with E-state index in [1.165, 1.54) is 0 Å². The van der Waals surface area contributed by atoms with Crippen LogP contribution in [0.5, 0.6) is 11.5 Å². The van der Waals surface area contributed by atoms with Crippen LogP contribution < -0.4 is 14.8 Å². The Morgan fingerprint density at radius 1 is 1.19 bits per heavy atom. The minimum Gasteiger partial charge on any atom is -0.492 e. The number of carbonyl (C=O) groups excluding carboxylic acids is 1. The molecule has 0 atom stereocenters. The lowest BCUT2D eigenvalue weighted by Gasteiger charge is -2.15. The number of fused-ring (bicyclic) bond motifs is 1. The highest BCUT2D eigenvalue weighted by Crippen LogP contribution is 2.39. The molecule has 1 amide bonds. The van der Waals surface area contributed by atoms with E-state index < -0.39 is 6.09 Å². The Hall–Kier alpha value is -2.49. The number of rotatable bonds is 2. The number of hydrogen-bond acceptors (Lipinski definition) is 3. The van der Waals surface area contributed by atoms with Crippen LogP contribution in [-0.4, -0.2) is 12.7 Å². The molecule has 108 valence electrons. The first-order valence-corrected chi connectivity index (χ1v) is 6.86. The summed E-state index contributed by atoms with van der Waals surface area (Å²) in [7, 11) is 0. The Labute approximate surface area is 123 Å². The molecular formula is C17H17NO3. The summed E-state index contributed by atoms with van der Waals surface area (Å²) in [4.78, 5) is 11.8. The molecule has 0 unspecified atom stereocenters. The molecular weight excluding hydrogens is 266 g/mol. The van der Waals surface area contributed by atoms with Crippen LogP contribution in [0.1, 0.15) is 19.4 Å². The third kappa shape index (κ3) is 2.84. The Balaban J connectivity index is 1.70. The Bertz CT molecular complexity index is 665. The molecule has 4 nitrogen and oxygen atoms in total. The van der Waals surface area contributed by atoms with E-state index in [-0.39, 0.29) is 5.41 Å². The maximum atomic E-state index is 11.8. The monoisotopic (exact) mass is 283 g/mol. The first-order chi connectivity index (χ1) is 10.0. The second-order valence-electron chi connectivity index (χ2n) is 5.71. The van der Waals surface area contributed by atoms with E-state index in [4.69, 9.17) is 9.47 Å². The number of ether oxygens (including phenoxy) is 2. The smallest absolute Gasteiger partial charge is 0.417 e. The van der Waals surface area contributed by atoms with Gasteiger partial charge in [0.15, 0.2) is 0 Å². The Kier molecular flexibility index (Phi) is 3.29. The first-order valence-electron chi connectivity index (χ1n) is 6.86. The minimum atomic E-state index is -0.515. The van der Waals surface area contributed by atoms with Crippen LogP contribution in [0.2, 0.25) is 0 Å². The molecule has 0 radical (unpaired) electrons. The SMILES string of the molecule is CC1(C)COc2cc(NC(=O)Oc3ccccc3)ccc21. The van der Waals surface area contributed by atoms with Gasteiger partial charge >= 0.3 is 6.09 Å². The lowest BCUT2D eigenvalue weighted by Crippen LogP contribution is -2.18. The number of nitrogens with one attached hydrogen (secondary N) is 1. The fraction of sp³-hybridized carbons (Fsp3) is 0.235. The van der Waals surface area contributed by atoms with Crippen LogP contribution in [0.4, 0.5) is 10.5 Å². The summed E-state index contributed by atoms with van der Waals surface area (Å²) in [5, 5.41) is 2.71. The highest BCUT2D eigenvalue weighted by Gasteiger charge is 2.31. The number of amides is 1. The number of benzene rings is 2. The summed E-state index contributed by atoms with van der Waals surface area (Å²) in [6, 6.07) is 14.6. The molecule has 1 N–H and O–H groups in total. The molecule has 0 aliphatic carbocycles. The lowest BCUT2D eigenvalue weighted by molar-refractivity contribution is 0.215. The van der Waals surface area contributed by atoms with E-state index in [9.17, 15) is 4.79 Å². The highest BCUT2D eigenvalue weighted by atomic mass is 16.6. The normalized spacial score (nSPS) is 15.0. The number of anilines is 1. The van der Waals surface area contributed by atoms with Crippen LogP contribution >= 0.6 is 0 Å². The third-order valence-electron chi connectivity index (χ3n) is 3.50. The quantitative estimate of drug-likeness (QED) is 0.907. The zero-order chi connectivity index (χ0) is 14.9. The standard InChI is InChI=1S/C17H17NO3/c1-17(2)11-20-15-10-12(8-9-14(15)17)18-16(19)21-13-6-4-3-5-7-13/h3-10H,11H2,1-2H3,(H,18,19). The van der Waals surface area contributed by atoms with Crippen LogP contribution in [0.15, 0.2) is 48.5 Å². The van der Waals surface area contributed by atoms with Gasteiger partial charge in [0.2, 0.25) is 0 Å². The van der Waals surface area contributed by atoms with Gasteiger partial charge in [-0.25, -0.2) is 4.79 Å². The predicted octanol–water partition coefficient (Wildman–Crippen LogP) is 3.97. The van der Waals surface area contributed by atoms with Gasteiger partial charge in [0, 0.05) is 22.7 Å². The molecule has 1 aliphatic rings. The van der Waals surface area contributed by atoms with Crippen molar-refractivity contribution < 1.29 is 14.3 Å². The van der Waals surface area contributed by atoms with Gasteiger partial charge in [0.05, 0.1) is 6.61 Å². The van der Waals surface area contributed by atoms with Crippen molar-refractivity contribution in [2.45, 2.75) is 19.3 Å². The van der Waals surface area contributed by atoms with Gasteiger partial charge in [-0.1, -0.05) is 38.1 Å². The van der Waals surface area contributed by atoms with Crippen LogP contribution in [0.3, 0.4) is 0 Å². The summed E-state index contributed by atoms with van der Waals surface area (Å²) >= 11 is 0. The van der Waals surface area contributed by atoms with Gasteiger partial charge in [0.25, 0.3) is 0 Å². The molecule has 1 heterocycles. The number of hydrogen-bond donors (Lipinski definition) is 1. The van der Waals surface area contributed by atoms with Gasteiger partial charge in [-0.3, -0.25) is 5.32 Å². The fourth-order valence-electron chi connectivity index (χ4n) is 2.35. The van der Waals surface area contributed by atoms with Gasteiger partial charge in [-0.2, -0.15) is 0 Å². The maximum absolute atomic E-state index is 11.8. The molecule has 0 saturated heterocycles. The van der Waals surface area contributed by atoms with E-state index in [1.807, 2.05) is 36.4 Å². The zero-order valence-electron chi connectivity index (χ0n) is 12.1. The molecule has 1 aliphatic heterocycles. The lowest BCUT2D eigenvalue weighted by atomic mass is 9.87. The van der Waals surface area contributed by atoms with E-state index >= 15 is 0 Å². The van der Waals surface area contributed by atoms with Gasteiger partial charge in [-0.05, 0) is 18.2 Å². The van der Waals surface area contributed by atoms with Crippen LogP contribution in [-0.2, 0) is 5.41 Å². The first kappa shape index (κ1) is 13.5. The van der Waals surface area contributed by atoms with Crippen molar-refractivity contribution in [1.29, 1.82) is 0 Å². The predicted molar refractivity (Wildman–Crippen MR) is 81.1 cm³/mol. The highest BCUT2D eigenvalue weighted by molar-refractivity contribution is 5.86. The third-order valence-corrected chi connectivity index (χ3v) is 3.50. The van der Waals surface area contributed by atoms with E-state index in [0.717, 1.165) is 11.3 Å². The van der Waals surface area contributed by atoms with Crippen molar-refractivity contribution in [1.82, 2.24) is 0 Å². The van der Waals surface area contributed by atoms with E-state index in [2.05, 4.69) is 19.2 Å². The summed E-state index contributed by atoms with van der Waals surface area (Å²) in [5.41, 5.74) is 1.83. The second-order valence-corrected chi connectivity index (χ2v) is 5.71. The van der Waals surface area contributed by atoms with Crippen molar-refractivity contribution in [3.63, 3.8) is 0 Å². The van der Waals surface area contributed by atoms with E-state index in [1.54, 1.807) is 12.1 Å². The number of para-hydroxylation sites is 1. The summed E-state index contributed by atoms with van der Waals surface area (Å²) in [6.45, 7) is 4.92. The summed E-state index contributed by atoms with van der Waals surface area (Å²) < 4.78 is 10.8. The molecule has 4 heteroatoms. The van der Waals surface area contributed by atoms with Crippen molar-refractivity contribution in [2.24, 2.45) is 0 Å². The van der Waals surface area contributed by atoms with Crippen LogP contribution in [0.25, 0.3) is 0 Å². The molecule has 2 aromatic carbocycles. The van der Waals surface area contributed by atoms with Gasteiger partial charge < -0.3 is 9.47 Å². The average molecular weight is 283 g/mol. The topological polar surface area (TPSA) is 47.6 Å². The molecule has 0 fully saturated rings. The van der Waals surface area contributed by atoms with Crippen LogP contribution in [0, 0.1) is 0 Å². The summed E-state index contributed by atoms with van der Waals surface area (Å²) in [6.07, 6.45) is -0.515. The molecule has 0 bridgehead atoms. The largest absolute Gasteiger partial charge is 0.492 e. The molecule has 0 spiro atoms. The molecule has 21 heavy (non-hydrogen) atoms. The van der Waals surface area contributed by atoms with Crippen molar-refractivity contribution in [3.8, 4) is 11.5 Å². The zero-order valence-corrected chi connectivity index (χ0v) is 12.1. The fourth-order valence-corrected chi connectivity index (χ4v) is 2.35. The number of carbonyl (C=O) groups is 1. The summed E-state index contributed by atoms with van der Waals surface area (Å²) in [5.74, 6) is 1.33. The van der Waals surface area contributed by atoms with Crippen molar-refractivity contribution in [3.05, 3.63) is 54.1 Å². The molecule has 0 saturated carbocycles. The maximum Gasteiger partial charge on any atom is 0.417 e. The minimum absolute atomic E-state index is 0.0123. The molecule has 2 aromatic rings. The van der Waals surface area contributed by atoms with E-state index in [0.29, 0.717) is 18.0 Å². The molecule has 0 aromatic heterocycles. The second kappa shape index (κ2) is 5.13. The Morgan fingerprint density at radius 3 is 2.71 bits per heavy atom. The van der Waals surface area contributed by atoms with Gasteiger partial charge in [0.1, 0.15) is 11.5 Å². The van der Waals surface area contributed by atoms with Crippen molar-refractivity contribution in [2.75, 3.05) is 11.9 Å². The van der Waals surface area contributed by atoms with Gasteiger partial charge in [-0.15, -0.1) is 0 Å². The molecule has 3 rings (SSSR count).